The fourth-order valence-corrected chi connectivity index (χ4v) is 5.10. The summed E-state index contributed by atoms with van der Waals surface area (Å²) in [4.78, 5) is 22.8. The van der Waals surface area contributed by atoms with Gasteiger partial charge in [0.15, 0.2) is 5.82 Å². The Morgan fingerprint density at radius 1 is 0.579 bits per heavy atom. The van der Waals surface area contributed by atoms with E-state index in [1.807, 2.05) is 89.7 Å². The van der Waals surface area contributed by atoms with Crippen LogP contribution in [0.1, 0.15) is 13.8 Å². The van der Waals surface area contributed by atoms with Gasteiger partial charge in [-0.15, -0.1) is 0 Å². The summed E-state index contributed by atoms with van der Waals surface area (Å²) in [6, 6.07) is 36.9. The summed E-state index contributed by atoms with van der Waals surface area (Å²) in [7, 11) is 0. The molecule has 0 radical (unpaired) electrons. The second-order valence-corrected chi connectivity index (χ2v) is 9.22. The van der Waals surface area contributed by atoms with Crippen molar-refractivity contribution in [3.63, 3.8) is 0 Å². The highest BCUT2D eigenvalue weighted by atomic mass is 16.1. The zero-order valence-corrected chi connectivity index (χ0v) is 21.5. The quantitative estimate of drug-likeness (QED) is 0.243. The standard InChI is InChI=1S/C33H28N4O/c1-3-36-30-17-11-16-27(31(30)37(4-2)33(36)38)23-18-20-25(21-19-23)29-22-28(24-12-7-5-8-13-24)34-32(35-29)26-14-9-6-10-15-26/h5-22H,3-4H2,1-2H3. The number of para-hydroxylation sites is 1. The van der Waals surface area contributed by atoms with E-state index in [9.17, 15) is 4.79 Å². The third-order valence-corrected chi connectivity index (χ3v) is 6.99. The summed E-state index contributed by atoms with van der Waals surface area (Å²) >= 11 is 0. The number of imidazole rings is 1. The van der Waals surface area contributed by atoms with Gasteiger partial charge in [-0.05, 0) is 31.5 Å². The Morgan fingerprint density at radius 3 is 1.74 bits per heavy atom. The van der Waals surface area contributed by atoms with Gasteiger partial charge in [0.2, 0.25) is 0 Å². The molecule has 0 spiro atoms. The van der Waals surface area contributed by atoms with Crippen molar-refractivity contribution in [1.29, 1.82) is 0 Å². The minimum Gasteiger partial charge on any atom is -0.292 e. The van der Waals surface area contributed by atoms with Crippen LogP contribution in [0.15, 0.2) is 114 Å². The molecule has 0 aliphatic rings. The summed E-state index contributed by atoms with van der Waals surface area (Å²) in [5.41, 5.74) is 8.90. The Balaban J connectivity index is 1.47. The minimum atomic E-state index is 0.0388. The van der Waals surface area contributed by atoms with Gasteiger partial charge in [-0.25, -0.2) is 14.8 Å². The summed E-state index contributed by atoms with van der Waals surface area (Å²) in [5, 5.41) is 0. The van der Waals surface area contributed by atoms with Crippen molar-refractivity contribution >= 4 is 11.0 Å². The Kier molecular flexibility index (Phi) is 6.18. The highest BCUT2D eigenvalue weighted by molar-refractivity contribution is 5.93. The highest BCUT2D eigenvalue weighted by Crippen LogP contribution is 2.32. The Morgan fingerprint density at radius 2 is 1.13 bits per heavy atom. The van der Waals surface area contributed by atoms with Crippen LogP contribution in [-0.4, -0.2) is 19.1 Å². The normalized spacial score (nSPS) is 11.2. The van der Waals surface area contributed by atoms with Gasteiger partial charge in [-0.1, -0.05) is 97.1 Å². The lowest BCUT2D eigenvalue weighted by Crippen LogP contribution is -2.23. The van der Waals surface area contributed by atoms with Crippen LogP contribution in [0.5, 0.6) is 0 Å². The fraction of sp³-hybridized carbons (Fsp3) is 0.121. The summed E-state index contributed by atoms with van der Waals surface area (Å²) in [5.74, 6) is 0.698. The number of nitrogens with zero attached hydrogens (tertiary/aromatic N) is 4. The summed E-state index contributed by atoms with van der Waals surface area (Å²) < 4.78 is 3.71. The van der Waals surface area contributed by atoms with E-state index in [2.05, 4.69) is 42.5 Å². The van der Waals surface area contributed by atoms with Crippen molar-refractivity contribution in [3.8, 4) is 45.0 Å². The molecule has 38 heavy (non-hydrogen) atoms. The van der Waals surface area contributed by atoms with Crippen LogP contribution in [0.2, 0.25) is 0 Å². The monoisotopic (exact) mass is 496 g/mol. The van der Waals surface area contributed by atoms with E-state index in [0.717, 1.165) is 50.2 Å². The Labute approximate surface area is 221 Å². The number of aromatic nitrogens is 4. The van der Waals surface area contributed by atoms with Gasteiger partial charge in [0, 0.05) is 35.3 Å². The van der Waals surface area contributed by atoms with Crippen molar-refractivity contribution < 1.29 is 0 Å². The number of fused-ring (bicyclic) bond motifs is 1. The first-order valence-corrected chi connectivity index (χ1v) is 13.0. The molecule has 0 amide bonds. The molecule has 0 fully saturated rings. The molecule has 186 valence electrons. The molecule has 0 unspecified atom stereocenters. The van der Waals surface area contributed by atoms with Crippen LogP contribution in [0.3, 0.4) is 0 Å². The molecule has 6 rings (SSSR count). The molecule has 0 bridgehead atoms. The lowest BCUT2D eigenvalue weighted by molar-refractivity contribution is 0.671. The van der Waals surface area contributed by atoms with E-state index in [1.54, 1.807) is 0 Å². The third-order valence-electron chi connectivity index (χ3n) is 6.99. The van der Waals surface area contributed by atoms with Crippen molar-refractivity contribution in [2.75, 3.05) is 0 Å². The SMILES string of the molecule is CCn1c(=O)n(CC)c2c(-c3ccc(-c4cc(-c5ccccc5)nc(-c5ccccc5)n4)cc3)cccc21. The molecule has 0 saturated carbocycles. The van der Waals surface area contributed by atoms with E-state index < -0.39 is 0 Å². The van der Waals surface area contributed by atoms with Crippen LogP contribution in [0.25, 0.3) is 56.1 Å². The predicted molar refractivity (Wildman–Crippen MR) is 155 cm³/mol. The summed E-state index contributed by atoms with van der Waals surface area (Å²) in [6.07, 6.45) is 0. The first-order valence-electron chi connectivity index (χ1n) is 13.0. The second kappa shape index (κ2) is 9.94. The third kappa shape index (κ3) is 4.12. The minimum absolute atomic E-state index is 0.0388. The number of hydrogen-bond acceptors (Lipinski definition) is 3. The molecule has 2 aromatic heterocycles. The van der Waals surface area contributed by atoms with Crippen molar-refractivity contribution in [2.24, 2.45) is 0 Å². The van der Waals surface area contributed by atoms with Gasteiger partial charge in [-0.3, -0.25) is 9.13 Å². The van der Waals surface area contributed by atoms with Crippen molar-refractivity contribution in [2.45, 2.75) is 26.9 Å². The van der Waals surface area contributed by atoms with E-state index in [1.165, 1.54) is 0 Å². The lowest BCUT2D eigenvalue weighted by Gasteiger charge is -2.11. The van der Waals surface area contributed by atoms with E-state index >= 15 is 0 Å². The van der Waals surface area contributed by atoms with E-state index in [-0.39, 0.29) is 5.69 Å². The van der Waals surface area contributed by atoms with Gasteiger partial charge in [0.25, 0.3) is 0 Å². The molecule has 5 nitrogen and oxygen atoms in total. The topological polar surface area (TPSA) is 52.7 Å². The molecule has 0 N–H and O–H groups in total. The average molecular weight is 497 g/mol. The van der Waals surface area contributed by atoms with Crippen LogP contribution >= 0.6 is 0 Å². The van der Waals surface area contributed by atoms with Crippen molar-refractivity contribution in [1.82, 2.24) is 19.1 Å². The molecule has 5 heteroatoms. The van der Waals surface area contributed by atoms with Crippen LogP contribution in [0.4, 0.5) is 0 Å². The molecule has 0 atom stereocenters. The maximum atomic E-state index is 13.0. The maximum absolute atomic E-state index is 13.0. The zero-order valence-electron chi connectivity index (χ0n) is 21.5. The number of hydrogen-bond donors (Lipinski definition) is 0. The summed E-state index contributed by atoms with van der Waals surface area (Å²) in [6.45, 7) is 5.30. The number of rotatable bonds is 6. The number of benzene rings is 4. The molecule has 4 aromatic carbocycles. The Bertz CT molecular complexity index is 1730. The first-order chi connectivity index (χ1) is 18.7. The molecule has 0 saturated heterocycles. The molecule has 6 aromatic rings. The molecule has 0 aliphatic heterocycles. The van der Waals surface area contributed by atoms with Crippen LogP contribution in [0, 0.1) is 0 Å². The van der Waals surface area contributed by atoms with Gasteiger partial charge < -0.3 is 0 Å². The molecular weight excluding hydrogens is 468 g/mol. The van der Waals surface area contributed by atoms with E-state index in [4.69, 9.17) is 9.97 Å². The van der Waals surface area contributed by atoms with Gasteiger partial charge in [0.05, 0.1) is 22.4 Å². The predicted octanol–water partition coefficient (Wildman–Crippen LogP) is 7.30. The van der Waals surface area contributed by atoms with Gasteiger partial charge >= 0.3 is 5.69 Å². The second-order valence-electron chi connectivity index (χ2n) is 9.22. The highest BCUT2D eigenvalue weighted by Gasteiger charge is 2.16. The van der Waals surface area contributed by atoms with Gasteiger partial charge in [-0.2, -0.15) is 0 Å². The first kappa shape index (κ1) is 23.6. The maximum Gasteiger partial charge on any atom is 0.329 e. The number of aryl methyl sites for hydroxylation is 2. The van der Waals surface area contributed by atoms with Gasteiger partial charge in [0.1, 0.15) is 0 Å². The van der Waals surface area contributed by atoms with Crippen LogP contribution in [-0.2, 0) is 13.1 Å². The zero-order chi connectivity index (χ0) is 26.1. The molecule has 0 aliphatic carbocycles. The largest absolute Gasteiger partial charge is 0.329 e. The lowest BCUT2D eigenvalue weighted by atomic mass is 10.0. The van der Waals surface area contributed by atoms with Crippen LogP contribution < -0.4 is 5.69 Å². The van der Waals surface area contributed by atoms with E-state index in [0.29, 0.717) is 18.9 Å². The fourth-order valence-electron chi connectivity index (χ4n) is 5.10. The van der Waals surface area contributed by atoms with Crippen molar-refractivity contribution in [3.05, 3.63) is 120 Å². The Hall–Kier alpha value is -4.77. The molecule has 2 heterocycles. The average Bonchev–Trinajstić information content (AvgIpc) is 3.28. The smallest absolute Gasteiger partial charge is 0.292 e. The molecular formula is C33H28N4O.